The second kappa shape index (κ2) is 12.2. The van der Waals surface area contributed by atoms with Crippen LogP contribution in [-0.4, -0.2) is 50.6 Å². The summed E-state index contributed by atoms with van der Waals surface area (Å²) in [7, 11) is 3.92. The molecule has 0 radical (unpaired) electrons. The fourth-order valence-electron chi connectivity index (χ4n) is 1.27. The molecule has 0 bridgehead atoms. The summed E-state index contributed by atoms with van der Waals surface area (Å²) >= 11 is 0. The van der Waals surface area contributed by atoms with Crippen molar-refractivity contribution >= 4 is 29.9 Å². The molecule has 0 rings (SSSR count). The molecule has 2 N–H and O–H groups in total. The molecule has 0 fully saturated rings. The number of guanidine groups is 1. The van der Waals surface area contributed by atoms with Gasteiger partial charge in [-0.05, 0) is 20.4 Å². The topological polar surface area (TPSA) is 39.7 Å². The monoisotopic (exact) mass is 354 g/mol. The molecule has 0 aromatic heterocycles. The van der Waals surface area contributed by atoms with Crippen LogP contribution in [0.3, 0.4) is 0 Å². The minimum atomic E-state index is 0. The summed E-state index contributed by atoms with van der Waals surface area (Å²) in [4.78, 5) is 6.46. The quantitative estimate of drug-likeness (QED) is 0.316. The Kier molecular flexibility index (Phi) is 13.6. The van der Waals surface area contributed by atoms with E-state index in [9.17, 15) is 0 Å². The first-order chi connectivity index (χ1) is 7.65. The van der Waals surface area contributed by atoms with E-state index in [1.165, 1.54) is 6.42 Å². The summed E-state index contributed by atoms with van der Waals surface area (Å²) in [5.41, 5.74) is 0. The van der Waals surface area contributed by atoms with Crippen LogP contribution in [-0.2, 0) is 0 Å². The summed E-state index contributed by atoms with van der Waals surface area (Å²) in [6, 6.07) is 0.630. The molecule has 0 heterocycles. The van der Waals surface area contributed by atoms with Gasteiger partial charge in [0.2, 0.25) is 0 Å². The third-order valence-electron chi connectivity index (χ3n) is 2.74. The minimum absolute atomic E-state index is 0. The van der Waals surface area contributed by atoms with Crippen molar-refractivity contribution in [3.05, 3.63) is 12.7 Å². The van der Waals surface area contributed by atoms with Gasteiger partial charge in [-0.3, -0.25) is 4.99 Å². The van der Waals surface area contributed by atoms with Crippen molar-refractivity contribution < 1.29 is 0 Å². The fraction of sp³-hybridized carbons (Fsp3) is 0.750. The highest BCUT2D eigenvalue weighted by molar-refractivity contribution is 14.0. The second-order valence-electron chi connectivity index (χ2n) is 3.91. The Morgan fingerprint density at radius 2 is 2.12 bits per heavy atom. The lowest BCUT2D eigenvalue weighted by molar-refractivity contribution is 0.256. The van der Waals surface area contributed by atoms with Crippen LogP contribution >= 0.6 is 24.0 Å². The minimum Gasteiger partial charge on any atom is -0.355 e. The molecular weight excluding hydrogens is 327 g/mol. The normalized spacial score (nSPS) is 12.9. The Hall–Kier alpha value is -0.300. The lowest BCUT2D eigenvalue weighted by Gasteiger charge is -2.23. The van der Waals surface area contributed by atoms with Crippen LogP contribution in [0.1, 0.15) is 20.3 Å². The van der Waals surface area contributed by atoms with Gasteiger partial charge in [0.25, 0.3) is 0 Å². The maximum absolute atomic E-state index is 4.12. The molecule has 0 aliphatic carbocycles. The lowest BCUT2D eigenvalue weighted by Crippen LogP contribution is -2.42. The first-order valence-corrected chi connectivity index (χ1v) is 5.91. The smallest absolute Gasteiger partial charge is 0.191 e. The van der Waals surface area contributed by atoms with Crippen molar-refractivity contribution in [1.82, 2.24) is 15.5 Å². The van der Waals surface area contributed by atoms with Gasteiger partial charge in [-0.1, -0.05) is 13.0 Å². The summed E-state index contributed by atoms with van der Waals surface area (Å²) in [5, 5.41) is 6.40. The number of aliphatic imine (C=N–C) groups is 1. The van der Waals surface area contributed by atoms with Gasteiger partial charge >= 0.3 is 0 Å². The Balaban J connectivity index is 0. The van der Waals surface area contributed by atoms with Crippen LogP contribution in [0.5, 0.6) is 0 Å². The highest BCUT2D eigenvalue weighted by atomic mass is 127. The molecule has 0 spiro atoms. The third kappa shape index (κ3) is 9.41. The van der Waals surface area contributed by atoms with Crippen LogP contribution in [0.2, 0.25) is 0 Å². The van der Waals surface area contributed by atoms with Crippen molar-refractivity contribution in [3.63, 3.8) is 0 Å². The van der Waals surface area contributed by atoms with E-state index >= 15 is 0 Å². The van der Waals surface area contributed by atoms with Crippen LogP contribution in [0, 0.1) is 0 Å². The zero-order valence-electron chi connectivity index (χ0n) is 11.5. The highest BCUT2D eigenvalue weighted by Gasteiger charge is 2.05. The van der Waals surface area contributed by atoms with Crippen LogP contribution < -0.4 is 10.6 Å². The van der Waals surface area contributed by atoms with E-state index in [4.69, 9.17) is 0 Å². The summed E-state index contributed by atoms with van der Waals surface area (Å²) in [5.74, 6) is 0.831. The van der Waals surface area contributed by atoms with Gasteiger partial charge in [0, 0.05) is 32.7 Å². The third-order valence-corrected chi connectivity index (χ3v) is 2.74. The molecule has 0 saturated carbocycles. The molecule has 0 aliphatic rings. The van der Waals surface area contributed by atoms with E-state index < -0.39 is 0 Å². The van der Waals surface area contributed by atoms with E-state index in [-0.39, 0.29) is 24.0 Å². The largest absolute Gasteiger partial charge is 0.355 e. The summed E-state index contributed by atoms with van der Waals surface area (Å²) in [6.45, 7) is 10.8. The Bertz CT molecular complexity index is 219. The number of hydrogen-bond donors (Lipinski definition) is 2. The molecule has 102 valence electrons. The summed E-state index contributed by atoms with van der Waals surface area (Å²) in [6.07, 6.45) is 3.00. The van der Waals surface area contributed by atoms with Gasteiger partial charge in [-0.2, -0.15) is 0 Å². The van der Waals surface area contributed by atoms with Gasteiger partial charge in [0.1, 0.15) is 0 Å². The van der Waals surface area contributed by atoms with Gasteiger partial charge in [-0.15, -0.1) is 30.6 Å². The zero-order valence-corrected chi connectivity index (χ0v) is 13.8. The van der Waals surface area contributed by atoms with Crippen molar-refractivity contribution in [1.29, 1.82) is 0 Å². The van der Waals surface area contributed by atoms with Crippen LogP contribution in [0.15, 0.2) is 17.6 Å². The number of nitrogens with one attached hydrogen (secondary N) is 2. The van der Waals surface area contributed by atoms with Gasteiger partial charge in [0.15, 0.2) is 5.96 Å². The molecule has 0 aromatic carbocycles. The highest BCUT2D eigenvalue weighted by Crippen LogP contribution is 1.97. The van der Waals surface area contributed by atoms with E-state index in [1.807, 2.05) is 6.08 Å². The van der Waals surface area contributed by atoms with Crippen LogP contribution in [0.4, 0.5) is 0 Å². The zero-order chi connectivity index (χ0) is 12.4. The molecule has 0 amide bonds. The number of nitrogens with zero attached hydrogens (tertiary/aromatic N) is 2. The average Bonchev–Trinajstić information content (AvgIpc) is 2.32. The first-order valence-electron chi connectivity index (χ1n) is 5.91. The van der Waals surface area contributed by atoms with E-state index in [0.29, 0.717) is 6.04 Å². The Labute approximate surface area is 123 Å². The van der Waals surface area contributed by atoms with Crippen molar-refractivity contribution in [2.45, 2.75) is 26.3 Å². The molecule has 0 saturated heterocycles. The van der Waals surface area contributed by atoms with E-state index in [1.54, 1.807) is 7.05 Å². The Morgan fingerprint density at radius 1 is 1.47 bits per heavy atom. The molecule has 1 unspecified atom stereocenters. The fourth-order valence-corrected chi connectivity index (χ4v) is 1.27. The van der Waals surface area contributed by atoms with E-state index in [2.05, 4.69) is 48.0 Å². The van der Waals surface area contributed by atoms with Gasteiger partial charge in [0.05, 0.1) is 0 Å². The number of rotatable bonds is 7. The Morgan fingerprint density at radius 3 is 2.59 bits per heavy atom. The molecule has 0 aliphatic heterocycles. The maximum Gasteiger partial charge on any atom is 0.191 e. The average molecular weight is 354 g/mol. The maximum atomic E-state index is 4.12. The molecule has 4 nitrogen and oxygen atoms in total. The standard InChI is InChI=1S/C12H26N4.HI/c1-6-8-14-12(13-4)15-9-10-16(5)11(3)7-2;/h6,11H,1,7-10H2,2-5H3,(H2,13,14,15);1H. The molecular formula is C12H27IN4. The van der Waals surface area contributed by atoms with Crippen molar-refractivity contribution in [2.75, 3.05) is 33.7 Å². The predicted molar refractivity (Wildman–Crippen MR) is 87.4 cm³/mol. The number of likely N-dealkylation sites (N-methyl/N-ethyl adjacent to an activating group) is 1. The van der Waals surface area contributed by atoms with Crippen molar-refractivity contribution in [2.24, 2.45) is 4.99 Å². The van der Waals surface area contributed by atoms with Crippen molar-refractivity contribution in [3.8, 4) is 0 Å². The number of halogens is 1. The number of hydrogen-bond acceptors (Lipinski definition) is 2. The van der Waals surface area contributed by atoms with E-state index in [0.717, 1.165) is 25.6 Å². The molecule has 17 heavy (non-hydrogen) atoms. The SMILES string of the molecule is C=CCNC(=NC)NCCN(C)C(C)CC.I. The first kappa shape index (κ1) is 19.0. The molecule has 1 atom stereocenters. The molecule has 5 heteroatoms. The van der Waals surface area contributed by atoms with Gasteiger partial charge < -0.3 is 15.5 Å². The lowest BCUT2D eigenvalue weighted by atomic mass is 10.2. The molecule has 0 aromatic rings. The summed E-state index contributed by atoms with van der Waals surface area (Å²) < 4.78 is 0. The van der Waals surface area contributed by atoms with Crippen LogP contribution in [0.25, 0.3) is 0 Å². The van der Waals surface area contributed by atoms with Gasteiger partial charge in [-0.25, -0.2) is 0 Å². The second-order valence-corrected chi connectivity index (χ2v) is 3.91. The predicted octanol–water partition coefficient (Wildman–Crippen LogP) is 1.69.